The van der Waals surface area contributed by atoms with Crippen LogP contribution >= 0.6 is 0 Å². The van der Waals surface area contributed by atoms with Crippen LogP contribution in [-0.2, 0) is 4.74 Å². The van der Waals surface area contributed by atoms with Crippen LogP contribution in [0.5, 0.6) is 0 Å². The van der Waals surface area contributed by atoms with E-state index in [-0.39, 0.29) is 6.04 Å². The van der Waals surface area contributed by atoms with E-state index in [1.807, 2.05) is 13.0 Å². The Labute approximate surface area is 177 Å². The number of nitrogens with one attached hydrogen (secondary N) is 2. The molecule has 2 fully saturated rings. The monoisotopic (exact) mass is 404 g/mol. The highest BCUT2D eigenvalue weighted by atomic mass is 16.5. The Balaban J connectivity index is 1.40. The molecule has 0 bridgehead atoms. The van der Waals surface area contributed by atoms with Gasteiger partial charge in [-0.05, 0) is 49.8 Å². The van der Waals surface area contributed by atoms with Crippen LogP contribution in [-0.4, -0.2) is 55.4 Å². The van der Waals surface area contributed by atoms with Gasteiger partial charge in [0.25, 0.3) is 0 Å². The van der Waals surface area contributed by atoms with E-state index in [1.165, 1.54) is 5.69 Å². The van der Waals surface area contributed by atoms with E-state index in [4.69, 9.17) is 14.7 Å². The van der Waals surface area contributed by atoms with E-state index in [0.717, 1.165) is 67.7 Å². The molecule has 7 nitrogen and oxygen atoms in total. The molecule has 3 aliphatic heterocycles. The van der Waals surface area contributed by atoms with Crippen molar-refractivity contribution in [1.82, 2.24) is 15.3 Å². The first-order valence-corrected chi connectivity index (χ1v) is 10.6. The number of aryl methyl sites for hydroxylation is 1. The third-order valence-electron chi connectivity index (χ3n) is 5.97. The molecule has 1 aromatic heterocycles. The van der Waals surface area contributed by atoms with Gasteiger partial charge < -0.3 is 25.2 Å². The van der Waals surface area contributed by atoms with E-state index in [2.05, 4.69) is 57.4 Å². The van der Waals surface area contributed by atoms with Crippen LogP contribution in [0, 0.1) is 6.92 Å². The quantitative estimate of drug-likeness (QED) is 0.812. The topological polar surface area (TPSA) is 65.6 Å². The Morgan fingerprint density at radius 2 is 1.93 bits per heavy atom. The summed E-state index contributed by atoms with van der Waals surface area (Å²) >= 11 is 0. The molecule has 30 heavy (non-hydrogen) atoms. The smallest absolute Gasteiger partial charge is 0.229 e. The average molecular weight is 405 g/mol. The summed E-state index contributed by atoms with van der Waals surface area (Å²) in [6, 6.07) is 8.77. The van der Waals surface area contributed by atoms with Gasteiger partial charge in [0, 0.05) is 55.4 Å². The molecule has 3 aliphatic rings. The maximum Gasteiger partial charge on any atom is 0.229 e. The number of aromatic nitrogens is 2. The number of hydrogen-bond donors (Lipinski definition) is 2. The van der Waals surface area contributed by atoms with Crippen LogP contribution in [0.4, 0.5) is 23.1 Å². The summed E-state index contributed by atoms with van der Waals surface area (Å²) in [6.07, 6.45) is 5.08. The van der Waals surface area contributed by atoms with Crippen molar-refractivity contribution in [2.45, 2.75) is 19.4 Å². The van der Waals surface area contributed by atoms with Gasteiger partial charge in [0.2, 0.25) is 5.95 Å². The van der Waals surface area contributed by atoms with Gasteiger partial charge in [0.15, 0.2) is 0 Å². The number of anilines is 4. The molecule has 0 saturated carbocycles. The Kier molecular flexibility index (Phi) is 5.14. The summed E-state index contributed by atoms with van der Waals surface area (Å²) in [5.74, 6) is 1.51. The van der Waals surface area contributed by atoms with Crippen molar-refractivity contribution in [3.63, 3.8) is 0 Å². The summed E-state index contributed by atoms with van der Waals surface area (Å²) < 4.78 is 5.62. The number of nitrogens with zero attached hydrogens (tertiary/aromatic N) is 4. The van der Waals surface area contributed by atoms with E-state index < -0.39 is 0 Å². The zero-order valence-electron chi connectivity index (χ0n) is 17.4. The third-order valence-corrected chi connectivity index (χ3v) is 5.97. The molecule has 2 N–H and O–H groups in total. The number of rotatable bonds is 4. The number of fused-ring (bicyclic) bond motifs is 1. The molecular formula is C23H28N6O. The molecule has 0 spiro atoms. The molecule has 5 rings (SSSR count). The average Bonchev–Trinajstić information content (AvgIpc) is 3.29. The van der Waals surface area contributed by atoms with Crippen molar-refractivity contribution in [1.29, 1.82) is 0 Å². The lowest BCUT2D eigenvalue weighted by Crippen LogP contribution is -2.43. The molecule has 0 amide bonds. The lowest BCUT2D eigenvalue weighted by atomic mass is 10.1. The standard InChI is InChI=1S/C23H28N6O/c1-16-3-8-21-17(2)25-23(27-22(21)29(16)20-9-14-30-15-20)26-18-4-6-19(7-5-18)28-12-10-24-11-13-28/h3-8,20,24H,1,9-15H2,2H3,(H,25,26,27). The van der Waals surface area contributed by atoms with Crippen molar-refractivity contribution in [2.24, 2.45) is 0 Å². The van der Waals surface area contributed by atoms with Crippen LogP contribution in [0.2, 0.25) is 0 Å². The fourth-order valence-corrected chi connectivity index (χ4v) is 4.34. The normalized spacial score (nSPS) is 21.1. The fourth-order valence-electron chi connectivity index (χ4n) is 4.34. The highest BCUT2D eigenvalue weighted by molar-refractivity contribution is 5.76. The molecule has 0 aliphatic carbocycles. The molecule has 0 radical (unpaired) electrons. The van der Waals surface area contributed by atoms with Gasteiger partial charge in [-0.25, -0.2) is 4.98 Å². The van der Waals surface area contributed by atoms with Crippen molar-refractivity contribution in [3.8, 4) is 0 Å². The van der Waals surface area contributed by atoms with Gasteiger partial charge in [0.05, 0.1) is 18.3 Å². The molecule has 4 heterocycles. The number of benzene rings is 1. The predicted molar refractivity (Wildman–Crippen MR) is 121 cm³/mol. The SMILES string of the molecule is C=C1C=Cc2c(C)nc(Nc3ccc(N4CCNCC4)cc3)nc2N1C1CCOC1. The van der Waals surface area contributed by atoms with Gasteiger partial charge in [0.1, 0.15) is 5.82 Å². The number of hydrogen-bond acceptors (Lipinski definition) is 7. The summed E-state index contributed by atoms with van der Waals surface area (Å²) in [7, 11) is 0. The molecule has 1 unspecified atom stereocenters. The van der Waals surface area contributed by atoms with E-state index in [0.29, 0.717) is 12.6 Å². The first kappa shape index (κ1) is 19.1. The first-order valence-electron chi connectivity index (χ1n) is 10.6. The van der Waals surface area contributed by atoms with Crippen molar-refractivity contribution in [3.05, 3.63) is 53.9 Å². The van der Waals surface area contributed by atoms with Crippen LogP contribution in [0.3, 0.4) is 0 Å². The largest absolute Gasteiger partial charge is 0.379 e. The Morgan fingerprint density at radius 3 is 2.67 bits per heavy atom. The number of allylic oxidation sites excluding steroid dienone is 1. The van der Waals surface area contributed by atoms with Crippen LogP contribution in [0.1, 0.15) is 17.7 Å². The Bertz CT molecular complexity index is 958. The Hall–Kier alpha value is -2.90. The molecular weight excluding hydrogens is 376 g/mol. The van der Waals surface area contributed by atoms with Crippen molar-refractivity contribution < 1.29 is 4.74 Å². The summed E-state index contributed by atoms with van der Waals surface area (Å²) in [5, 5.41) is 6.78. The zero-order chi connectivity index (χ0) is 20.5. The number of piperazine rings is 1. The van der Waals surface area contributed by atoms with Gasteiger partial charge >= 0.3 is 0 Å². The van der Waals surface area contributed by atoms with E-state index in [9.17, 15) is 0 Å². The summed E-state index contributed by atoms with van der Waals surface area (Å²) in [4.78, 5) is 14.2. The minimum absolute atomic E-state index is 0.265. The summed E-state index contributed by atoms with van der Waals surface area (Å²) in [6.45, 7) is 11.9. The predicted octanol–water partition coefficient (Wildman–Crippen LogP) is 3.07. The molecule has 156 valence electrons. The highest BCUT2D eigenvalue weighted by Crippen LogP contribution is 2.35. The van der Waals surface area contributed by atoms with Crippen LogP contribution in [0.25, 0.3) is 6.08 Å². The molecule has 1 aromatic carbocycles. The maximum absolute atomic E-state index is 5.62. The lowest BCUT2D eigenvalue weighted by Gasteiger charge is -2.33. The highest BCUT2D eigenvalue weighted by Gasteiger charge is 2.30. The number of ether oxygens (including phenoxy) is 1. The first-order chi connectivity index (χ1) is 14.7. The minimum atomic E-state index is 0.265. The molecule has 2 saturated heterocycles. The second-order valence-electron chi connectivity index (χ2n) is 7.99. The van der Waals surface area contributed by atoms with Gasteiger partial charge in [-0.15, -0.1) is 0 Å². The van der Waals surface area contributed by atoms with Crippen molar-refractivity contribution in [2.75, 3.05) is 54.5 Å². The van der Waals surface area contributed by atoms with Gasteiger partial charge in [-0.2, -0.15) is 4.98 Å². The van der Waals surface area contributed by atoms with Crippen LogP contribution < -0.4 is 20.4 Å². The molecule has 2 aromatic rings. The lowest BCUT2D eigenvalue weighted by molar-refractivity contribution is 0.193. The second kappa shape index (κ2) is 8.08. The maximum atomic E-state index is 5.62. The van der Waals surface area contributed by atoms with Gasteiger partial charge in [-0.3, -0.25) is 0 Å². The zero-order valence-corrected chi connectivity index (χ0v) is 17.4. The summed E-state index contributed by atoms with van der Waals surface area (Å²) in [5.41, 5.74) is 5.18. The van der Waals surface area contributed by atoms with Crippen molar-refractivity contribution >= 4 is 29.2 Å². The van der Waals surface area contributed by atoms with E-state index in [1.54, 1.807) is 0 Å². The molecule has 7 heteroatoms. The Morgan fingerprint density at radius 1 is 1.13 bits per heavy atom. The fraction of sp³-hybridized carbons (Fsp3) is 0.391. The minimum Gasteiger partial charge on any atom is -0.379 e. The van der Waals surface area contributed by atoms with Gasteiger partial charge in [-0.1, -0.05) is 6.58 Å². The third kappa shape index (κ3) is 3.66. The molecule has 1 atom stereocenters. The second-order valence-corrected chi connectivity index (χ2v) is 7.99. The van der Waals surface area contributed by atoms with Crippen LogP contribution in [0.15, 0.2) is 42.6 Å². The van der Waals surface area contributed by atoms with E-state index >= 15 is 0 Å².